The number of aromatic carboxylic acids is 1. The summed E-state index contributed by atoms with van der Waals surface area (Å²) in [6.07, 6.45) is 0.709. The van der Waals surface area contributed by atoms with Gasteiger partial charge in [-0.15, -0.1) is 0 Å². The highest BCUT2D eigenvalue weighted by Gasteiger charge is 2.19. The molecule has 0 aliphatic rings. The number of carboxylic acid groups (broad SMARTS) is 1. The fraction of sp³-hybridized carbons (Fsp3) is 0.154. The zero-order chi connectivity index (χ0) is 13.8. The van der Waals surface area contributed by atoms with E-state index in [4.69, 9.17) is 15.6 Å². The molecule has 6 heteroatoms. The van der Waals surface area contributed by atoms with E-state index >= 15 is 0 Å². The number of carboxylic acids is 1. The third-order valence-electron chi connectivity index (χ3n) is 2.64. The summed E-state index contributed by atoms with van der Waals surface area (Å²) in [5.74, 6) is -0.899. The molecule has 3 N–H and O–H groups in total. The number of hydrogen-bond acceptors (Lipinski definition) is 5. The number of anilines is 1. The summed E-state index contributed by atoms with van der Waals surface area (Å²) in [6.45, 7) is 0. The molecule has 0 aliphatic heterocycles. The van der Waals surface area contributed by atoms with Crippen LogP contribution in [0.2, 0.25) is 0 Å². The van der Waals surface area contributed by atoms with Crippen molar-refractivity contribution in [2.75, 3.05) is 12.8 Å². The van der Waals surface area contributed by atoms with Crippen LogP contribution in [0.1, 0.15) is 27.8 Å². The molecular weight excluding hydrogens is 246 g/mol. The van der Waals surface area contributed by atoms with Crippen molar-refractivity contribution < 1.29 is 14.6 Å². The van der Waals surface area contributed by atoms with E-state index in [1.165, 1.54) is 13.3 Å². The molecule has 0 amide bonds. The van der Waals surface area contributed by atoms with E-state index in [0.717, 1.165) is 5.56 Å². The third-order valence-corrected chi connectivity index (χ3v) is 2.64. The Labute approximate surface area is 109 Å². The van der Waals surface area contributed by atoms with Crippen LogP contribution < -0.4 is 5.73 Å². The van der Waals surface area contributed by atoms with Crippen LogP contribution >= 0.6 is 0 Å². The molecule has 0 fully saturated rings. The molecule has 2 rings (SSSR count). The van der Waals surface area contributed by atoms with E-state index in [1.807, 2.05) is 30.3 Å². The summed E-state index contributed by atoms with van der Waals surface area (Å²) in [4.78, 5) is 18.9. The van der Waals surface area contributed by atoms with E-state index in [9.17, 15) is 4.79 Å². The molecule has 1 heterocycles. The van der Waals surface area contributed by atoms with Gasteiger partial charge in [0, 0.05) is 13.3 Å². The minimum Gasteiger partial charge on any atom is -0.477 e. The molecule has 1 atom stereocenters. The van der Waals surface area contributed by atoms with Crippen molar-refractivity contribution in [1.29, 1.82) is 0 Å². The quantitative estimate of drug-likeness (QED) is 0.863. The number of nitrogen functional groups attached to an aromatic ring is 1. The maximum Gasteiger partial charge on any atom is 0.341 e. The molecule has 0 spiro atoms. The molecule has 0 bridgehead atoms. The van der Waals surface area contributed by atoms with Crippen LogP contribution in [0.15, 0.2) is 36.5 Å². The average molecular weight is 259 g/mol. The predicted molar refractivity (Wildman–Crippen MR) is 68.7 cm³/mol. The number of ether oxygens (including phenoxy) is 1. The number of rotatable bonds is 4. The zero-order valence-electron chi connectivity index (χ0n) is 10.3. The van der Waals surface area contributed by atoms with E-state index in [-0.39, 0.29) is 11.4 Å². The maximum absolute atomic E-state index is 10.9. The lowest BCUT2D eigenvalue weighted by molar-refractivity contribution is 0.0696. The van der Waals surface area contributed by atoms with E-state index < -0.39 is 12.1 Å². The Balaban J connectivity index is 2.40. The monoisotopic (exact) mass is 259 g/mol. The number of methoxy groups -OCH3 is 1. The van der Waals surface area contributed by atoms with Crippen LogP contribution in [0.4, 0.5) is 5.82 Å². The highest BCUT2D eigenvalue weighted by Crippen LogP contribution is 2.23. The number of hydrogen-bond donors (Lipinski definition) is 2. The highest BCUT2D eigenvalue weighted by molar-refractivity contribution is 5.92. The van der Waals surface area contributed by atoms with Crippen LogP contribution in [0.5, 0.6) is 0 Å². The van der Waals surface area contributed by atoms with Crippen LogP contribution in [0.25, 0.3) is 0 Å². The largest absolute Gasteiger partial charge is 0.477 e. The van der Waals surface area contributed by atoms with Crippen molar-refractivity contribution in [1.82, 2.24) is 9.97 Å². The minimum atomic E-state index is -1.15. The second-order valence-corrected chi connectivity index (χ2v) is 3.86. The summed E-state index contributed by atoms with van der Waals surface area (Å²) >= 11 is 0. The molecule has 6 nitrogen and oxygen atoms in total. The lowest BCUT2D eigenvalue weighted by atomic mass is 10.1. The van der Waals surface area contributed by atoms with Crippen LogP contribution in [0, 0.1) is 0 Å². The van der Waals surface area contributed by atoms with Crippen LogP contribution in [0.3, 0.4) is 0 Å². The number of benzene rings is 1. The highest BCUT2D eigenvalue weighted by atomic mass is 16.5. The Bertz CT molecular complexity index is 587. The fourth-order valence-electron chi connectivity index (χ4n) is 1.72. The summed E-state index contributed by atoms with van der Waals surface area (Å²) in [6, 6.07) is 9.38. The van der Waals surface area contributed by atoms with Gasteiger partial charge in [0.15, 0.2) is 5.82 Å². The van der Waals surface area contributed by atoms with Gasteiger partial charge >= 0.3 is 5.97 Å². The Hall–Kier alpha value is -2.47. The van der Waals surface area contributed by atoms with Gasteiger partial charge < -0.3 is 15.6 Å². The maximum atomic E-state index is 10.9. The van der Waals surface area contributed by atoms with Gasteiger partial charge in [0.1, 0.15) is 17.5 Å². The second kappa shape index (κ2) is 5.45. The average Bonchev–Trinajstić information content (AvgIpc) is 2.40. The van der Waals surface area contributed by atoms with Gasteiger partial charge in [0.05, 0.1) is 0 Å². The Morgan fingerprint density at radius 1 is 1.37 bits per heavy atom. The fourth-order valence-corrected chi connectivity index (χ4v) is 1.72. The molecule has 19 heavy (non-hydrogen) atoms. The minimum absolute atomic E-state index is 0.0736. The summed E-state index contributed by atoms with van der Waals surface area (Å²) in [7, 11) is 1.53. The standard InChI is InChI=1S/C13H13N3O3/c1-19-10(8-5-3-2-4-6-8)12-15-7-9(13(17)18)11(14)16-12/h2-7,10H,1H3,(H,17,18)(H2,14,15,16). The van der Waals surface area contributed by atoms with Crippen molar-refractivity contribution in [3.05, 3.63) is 53.5 Å². The van der Waals surface area contributed by atoms with E-state index in [2.05, 4.69) is 9.97 Å². The third kappa shape index (κ3) is 2.69. The van der Waals surface area contributed by atoms with Crippen LogP contribution in [-0.4, -0.2) is 28.2 Å². The van der Waals surface area contributed by atoms with Gasteiger partial charge in [-0.25, -0.2) is 14.8 Å². The van der Waals surface area contributed by atoms with Crippen molar-refractivity contribution in [2.24, 2.45) is 0 Å². The van der Waals surface area contributed by atoms with Crippen molar-refractivity contribution in [2.45, 2.75) is 6.10 Å². The Morgan fingerprint density at radius 2 is 2.05 bits per heavy atom. The van der Waals surface area contributed by atoms with E-state index in [1.54, 1.807) is 0 Å². The number of carbonyl (C=O) groups is 1. The molecule has 1 aromatic heterocycles. The molecule has 1 unspecified atom stereocenters. The molecule has 0 radical (unpaired) electrons. The van der Waals surface area contributed by atoms with E-state index in [0.29, 0.717) is 5.82 Å². The number of aromatic nitrogens is 2. The van der Waals surface area contributed by atoms with Gasteiger partial charge in [-0.3, -0.25) is 0 Å². The molecule has 1 aromatic carbocycles. The van der Waals surface area contributed by atoms with Crippen molar-refractivity contribution in [3.8, 4) is 0 Å². The van der Waals surface area contributed by atoms with Gasteiger partial charge in [0.25, 0.3) is 0 Å². The lowest BCUT2D eigenvalue weighted by Gasteiger charge is -2.14. The molecule has 98 valence electrons. The normalized spacial score (nSPS) is 12.1. The van der Waals surface area contributed by atoms with Crippen molar-refractivity contribution >= 4 is 11.8 Å². The van der Waals surface area contributed by atoms with Gasteiger partial charge in [-0.2, -0.15) is 0 Å². The SMILES string of the molecule is COC(c1ccccc1)c1ncc(C(=O)O)c(N)n1. The molecule has 0 saturated heterocycles. The van der Waals surface area contributed by atoms with Crippen LogP contribution in [-0.2, 0) is 4.74 Å². The first-order valence-electron chi connectivity index (χ1n) is 5.57. The van der Waals surface area contributed by atoms with Gasteiger partial charge in [-0.05, 0) is 5.56 Å². The Kier molecular flexibility index (Phi) is 3.72. The van der Waals surface area contributed by atoms with Crippen molar-refractivity contribution in [3.63, 3.8) is 0 Å². The second-order valence-electron chi connectivity index (χ2n) is 3.86. The molecule has 2 aromatic rings. The Morgan fingerprint density at radius 3 is 2.58 bits per heavy atom. The summed E-state index contributed by atoms with van der Waals surface area (Å²) in [5.41, 5.74) is 6.35. The zero-order valence-corrected chi connectivity index (χ0v) is 10.3. The number of nitrogens with zero attached hydrogens (tertiary/aromatic N) is 2. The summed E-state index contributed by atoms with van der Waals surface area (Å²) in [5, 5.41) is 8.88. The lowest BCUT2D eigenvalue weighted by Crippen LogP contribution is -2.13. The molecular formula is C13H13N3O3. The number of nitrogens with two attached hydrogens (primary N) is 1. The summed E-state index contributed by atoms with van der Waals surface area (Å²) < 4.78 is 5.35. The first-order chi connectivity index (χ1) is 9.13. The van der Waals surface area contributed by atoms with Gasteiger partial charge in [-0.1, -0.05) is 30.3 Å². The topological polar surface area (TPSA) is 98.3 Å². The smallest absolute Gasteiger partial charge is 0.341 e. The first kappa shape index (κ1) is 13.0. The predicted octanol–water partition coefficient (Wildman–Crippen LogP) is 1.49. The molecule has 0 aliphatic carbocycles. The van der Waals surface area contributed by atoms with Gasteiger partial charge in [0.2, 0.25) is 0 Å². The molecule has 0 saturated carbocycles. The first-order valence-corrected chi connectivity index (χ1v) is 5.57.